The standard InChI is InChI=1S/C24H24ClN7OS/c1-14-10-12-30(20-16-8-5-9-18(16)27-23(26)28-20)24(14,34)22-29-31-13-11-17(25)19(31)21(33)32(22)15-6-3-2-4-7-15/h2-4,6-7,11,13-14,34H,5,8-10,12H2,1H3,(H2,26,27,28). The number of nitrogens with zero attached hydrogens (tertiary/aromatic N) is 6. The largest absolute Gasteiger partial charge is 0.368 e. The van der Waals surface area contributed by atoms with Gasteiger partial charge in [-0.2, -0.15) is 10.1 Å². The predicted molar refractivity (Wildman–Crippen MR) is 136 cm³/mol. The summed E-state index contributed by atoms with van der Waals surface area (Å²) in [5, 5.41) is 5.29. The summed E-state index contributed by atoms with van der Waals surface area (Å²) >= 11 is 11.7. The van der Waals surface area contributed by atoms with Crippen molar-refractivity contribution in [1.82, 2.24) is 24.1 Å². The van der Waals surface area contributed by atoms with Gasteiger partial charge in [-0.3, -0.25) is 9.36 Å². The number of aryl methyl sites for hydroxylation is 1. The number of thiol groups is 1. The highest BCUT2D eigenvalue weighted by atomic mass is 35.5. The highest BCUT2D eigenvalue weighted by Crippen LogP contribution is 2.49. The van der Waals surface area contributed by atoms with Crippen molar-refractivity contribution in [3.63, 3.8) is 0 Å². The molecule has 1 fully saturated rings. The van der Waals surface area contributed by atoms with Crippen molar-refractivity contribution in [2.75, 3.05) is 17.2 Å². The van der Waals surface area contributed by atoms with Crippen LogP contribution < -0.4 is 16.2 Å². The van der Waals surface area contributed by atoms with E-state index in [9.17, 15) is 4.79 Å². The molecule has 4 heterocycles. The highest BCUT2D eigenvalue weighted by Gasteiger charge is 2.50. The van der Waals surface area contributed by atoms with Crippen molar-refractivity contribution < 1.29 is 0 Å². The Labute approximate surface area is 206 Å². The lowest BCUT2D eigenvalue weighted by Crippen LogP contribution is -2.46. The predicted octanol–water partition coefficient (Wildman–Crippen LogP) is 3.63. The highest BCUT2D eigenvalue weighted by molar-refractivity contribution is 7.81. The molecular weight excluding hydrogens is 470 g/mol. The lowest BCUT2D eigenvalue weighted by Gasteiger charge is -2.39. The van der Waals surface area contributed by atoms with E-state index in [-0.39, 0.29) is 17.4 Å². The van der Waals surface area contributed by atoms with Gasteiger partial charge in [-0.05, 0) is 49.8 Å². The number of para-hydroxylation sites is 1. The molecule has 2 aliphatic rings. The smallest absolute Gasteiger partial charge is 0.284 e. The van der Waals surface area contributed by atoms with Crippen LogP contribution in [0.4, 0.5) is 11.8 Å². The number of benzene rings is 1. The number of nitrogens with two attached hydrogens (primary N) is 1. The van der Waals surface area contributed by atoms with Gasteiger partial charge >= 0.3 is 0 Å². The van der Waals surface area contributed by atoms with Gasteiger partial charge in [-0.1, -0.05) is 36.7 Å². The number of nitrogen functional groups attached to an aromatic ring is 1. The molecule has 2 unspecified atom stereocenters. The summed E-state index contributed by atoms with van der Waals surface area (Å²) in [7, 11) is 0. The Balaban J connectivity index is 1.65. The van der Waals surface area contributed by atoms with Crippen LogP contribution in [0, 0.1) is 5.92 Å². The van der Waals surface area contributed by atoms with E-state index in [1.54, 1.807) is 21.3 Å². The van der Waals surface area contributed by atoms with Crippen molar-refractivity contribution in [3.8, 4) is 5.69 Å². The van der Waals surface area contributed by atoms with Crippen molar-refractivity contribution in [1.29, 1.82) is 0 Å². The van der Waals surface area contributed by atoms with E-state index in [1.165, 1.54) is 0 Å². The molecule has 1 aliphatic carbocycles. The lowest BCUT2D eigenvalue weighted by atomic mass is 10.0. The van der Waals surface area contributed by atoms with E-state index < -0.39 is 4.87 Å². The summed E-state index contributed by atoms with van der Waals surface area (Å²) in [5.74, 6) is 1.63. The second-order valence-electron chi connectivity index (χ2n) is 9.01. The molecule has 2 N–H and O–H groups in total. The molecule has 0 amide bonds. The number of hydrogen-bond acceptors (Lipinski definition) is 7. The van der Waals surface area contributed by atoms with Crippen molar-refractivity contribution in [2.45, 2.75) is 37.5 Å². The molecule has 1 aliphatic heterocycles. The molecular formula is C24H24ClN7OS. The number of halogens is 1. The van der Waals surface area contributed by atoms with Gasteiger partial charge in [0.05, 0.1) is 16.4 Å². The number of fused-ring (bicyclic) bond motifs is 2. The lowest BCUT2D eigenvalue weighted by molar-refractivity contribution is 0.443. The molecule has 8 nitrogen and oxygen atoms in total. The van der Waals surface area contributed by atoms with E-state index in [1.807, 2.05) is 30.3 Å². The van der Waals surface area contributed by atoms with Crippen molar-refractivity contribution >= 4 is 41.5 Å². The van der Waals surface area contributed by atoms with E-state index in [0.29, 0.717) is 28.6 Å². The van der Waals surface area contributed by atoms with Crippen LogP contribution in [-0.2, 0) is 17.7 Å². The van der Waals surface area contributed by atoms with Crippen LogP contribution in [0.1, 0.15) is 36.8 Å². The van der Waals surface area contributed by atoms with E-state index in [4.69, 9.17) is 35.1 Å². The Morgan fingerprint density at radius 1 is 1.18 bits per heavy atom. The maximum atomic E-state index is 13.8. The third-order valence-electron chi connectivity index (χ3n) is 7.05. The number of anilines is 2. The van der Waals surface area contributed by atoms with Gasteiger partial charge in [0.2, 0.25) is 5.95 Å². The van der Waals surface area contributed by atoms with Gasteiger partial charge in [0.15, 0.2) is 5.82 Å². The van der Waals surface area contributed by atoms with Gasteiger partial charge in [-0.15, -0.1) is 12.6 Å². The summed E-state index contributed by atoms with van der Waals surface area (Å²) in [6, 6.07) is 11.2. The zero-order chi connectivity index (χ0) is 23.6. The van der Waals surface area contributed by atoms with Crippen LogP contribution in [0.15, 0.2) is 47.4 Å². The minimum Gasteiger partial charge on any atom is -0.368 e. The molecule has 10 heteroatoms. The Bertz CT molecular complexity index is 1480. The first kappa shape index (κ1) is 21.5. The minimum absolute atomic E-state index is 0.0643. The van der Waals surface area contributed by atoms with Gasteiger partial charge in [0.1, 0.15) is 16.2 Å². The Morgan fingerprint density at radius 2 is 1.97 bits per heavy atom. The molecule has 0 saturated carbocycles. The second kappa shape index (κ2) is 7.74. The fourth-order valence-corrected chi connectivity index (χ4v) is 6.00. The maximum Gasteiger partial charge on any atom is 0.284 e. The van der Waals surface area contributed by atoms with E-state index in [2.05, 4.69) is 21.8 Å². The second-order valence-corrected chi connectivity index (χ2v) is 10.1. The molecule has 2 atom stereocenters. The average molecular weight is 494 g/mol. The molecule has 34 heavy (non-hydrogen) atoms. The number of hydrogen-bond donors (Lipinski definition) is 2. The van der Waals surface area contributed by atoms with Crippen LogP contribution in [0.2, 0.25) is 5.02 Å². The zero-order valence-corrected chi connectivity index (χ0v) is 20.3. The molecule has 3 aromatic heterocycles. The summed E-state index contributed by atoms with van der Waals surface area (Å²) in [5.41, 5.74) is 9.02. The normalized spacial score (nSPS) is 22.0. The van der Waals surface area contributed by atoms with Crippen LogP contribution in [0.5, 0.6) is 0 Å². The molecule has 0 bridgehead atoms. The molecule has 174 valence electrons. The van der Waals surface area contributed by atoms with E-state index >= 15 is 0 Å². The zero-order valence-electron chi connectivity index (χ0n) is 18.6. The Kier molecular flexibility index (Phi) is 4.90. The number of rotatable bonds is 3. The summed E-state index contributed by atoms with van der Waals surface area (Å²) in [6.45, 7) is 2.84. The maximum absolute atomic E-state index is 13.8. The van der Waals surface area contributed by atoms with Crippen LogP contribution in [-0.4, -0.2) is 30.7 Å². The van der Waals surface area contributed by atoms with Crippen LogP contribution in [0.3, 0.4) is 0 Å². The first-order valence-corrected chi connectivity index (χ1v) is 12.2. The van der Waals surface area contributed by atoms with Gasteiger partial charge in [-0.25, -0.2) is 9.50 Å². The topological polar surface area (TPSA) is 94.3 Å². The van der Waals surface area contributed by atoms with Crippen LogP contribution in [0.25, 0.3) is 11.2 Å². The summed E-state index contributed by atoms with van der Waals surface area (Å²) < 4.78 is 3.19. The third kappa shape index (κ3) is 2.99. The molecule has 4 aromatic rings. The monoisotopic (exact) mass is 493 g/mol. The third-order valence-corrected chi connectivity index (χ3v) is 8.24. The molecule has 1 saturated heterocycles. The number of aromatic nitrogens is 5. The fraction of sp³-hybridized carbons (Fsp3) is 0.333. The molecule has 6 rings (SSSR count). The van der Waals surface area contributed by atoms with Gasteiger partial charge in [0, 0.05) is 18.3 Å². The molecule has 0 spiro atoms. The van der Waals surface area contributed by atoms with Crippen molar-refractivity contribution in [3.05, 3.63) is 75.1 Å². The Morgan fingerprint density at radius 3 is 2.76 bits per heavy atom. The first-order chi connectivity index (χ1) is 16.4. The SMILES string of the molecule is CC1CCN(c2nc(N)nc3c2CCC3)C1(S)c1nn2ccc(Cl)c2c(=O)n1-c1ccccc1. The van der Waals surface area contributed by atoms with Gasteiger partial charge < -0.3 is 10.6 Å². The van der Waals surface area contributed by atoms with Crippen molar-refractivity contribution in [2.24, 2.45) is 5.92 Å². The van der Waals surface area contributed by atoms with E-state index in [0.717, 1.165) is 42.8 Å². The minimum atomic E-state index is -0.920. The average Bonchev–Trinajstić information content (AvgIpc) is 3.52. The molecule has 1 aromatic carbocycles. The quantitative estimate of drug-likeness (QED) is 0.423. The fourth-order valence-electron chi connectivity index (χ4n) is 5.31. The van der Waals surface area contributed by atoms with Gasteiger partial charge in [0.25, 0.3) is 5.56 Å². The molecule has 0 radical (unpaired) electrons. The summed E-state index contributed by atoms with van der Waals surface area (Å²) in [4.78, 5) is 24.2. The first-order valence-electron chi connectivity index (χ1n) is 11.4. The summed E-state index contributed by atoms with van der Waals surface area (Å²) in [6.07, 6.45) is 5.37. The Hall–Kier alpha value is -3.04. The van der Waals surface area contributed by atoms with Crippen LogP contribution >= 0.6 is 24.2 Å².